The van der Waals surface area contributed by atoms with Gasteiger partial charge in [0.05, 0.1) is 22.2 Å². The van der Waals surface area contributed by atoms with E-state index in [-0.39, 0.29) is 0 Å². The van der Waals surface area contributed by atoms with Gasteiger partial charge in [-0.1, -0.05) is 130 Å². The fraction of sp³-hybridized carbons (Fsp3) is 0.242. The van der Waals surface area contributed by atoms with Crippen LogP contribution in [0.4, 0.5) is 0 Å². The summed E-state index contributed by atoms with van der Waals surface area (Å²) in [6, 6.07) is 5.39. The average molecular weight is 538 g/mol. The van der Waals surface area contributed by atoms with Crippen molar-refractivity contribution in [3.63, 3.8) is 0 Å². The van der Waals surface area contributed by atoms with E-state index in [4.69, 9.17) is 23.2 Å². The molecule has 0 spiro atoms. The van der Waals surface area contributed by atoms with Gasteiger partial charge in [-0.15, -0.1) is 0 Å². The summed E-state index contributed by atoms with van der Waals surface area (Å²) in [5.74, 6) is 0.635. The molecule has 0 amide bonds. The van der Waals surface area contributed by atoms with Crippen molar-refractivity contribution < 1.29 is 0 Å². The molecular formula is C33H42Cl2N2. The lowest BCUT2D eigenvalue weighted by atomic mass is 10.1. The minimum absolute atomic E-state index is 0.563. The summed E-state index contributed by atoms with van der Waals surface area (Å²) in [6.45, 7) is 24.3. The van der Waals surface area contributed by atoms with Crippen LogP contribution < -0.4 is 5.32 Å². The normalized spacial score (nSPS) is 16.8. The van der Waals surface area contributed by atoms with Crippen molar-refractivity contribution >= 4 is 29.0 Å². The van der Waals surface area contributed by atoms with Crippen molar-refractivity contribution in [2.75, 3.05) is 6.54 Å². The summed E-state index contributed by atoms with van der Waals surface area (Å²) < 4.78 is 0. The number of allylic oxidation sites excluding steroid dienone is 13. The first kappa shape index (κ1) is 33.9. The highest BCUT2D eigenvalue weighted by atomic mass is 35.5. The quantitative estimate of drug-likeness (QED) is 0.344. The van der Waals surface area contributed by atoms with Crippen molar-refractivity contribution in [3.8, 4) is 0 Å². The Balaban J connectivity index is 0.000000667. The largest absolute Gasteiger partial charge is 0.340 e. The van der Waals surface area contributed by atoms with Gasteiger partial charge in [0.25, 0.3) is 0 Å². The van der Waals surface area contributed by atoms with Crippen molar-refractivity contribution in [2.45, 2.75) is 48.0 Å². The molecule has 2 rings (SSSR count). The van der Waals surface area contributed by atoms with Crippen LogP contribution in [0.2, 0.25) is 10.0 Å². The molecular weight excluding hydrogens is 495 g/mol. The Morgan fingerprint density at radius 2 is 1.73 bits per heavy atom. The molecule has 37 heavy (non-hydrogen) atoms. The van der Waals surface area contributed by atoms with Crippen molar-refractivity contribution in [3.05, 3.63) is 142 Å². The number of amidine groups is 1. The van der Waals surface area contributed by atoms with Gasteiger partial charge in [-0.2, -0.15) is 0 Å². The number of rotatable bonds is 7. The smallest absolute Gasteiger partial charge is 0.136 e. The number of halogens is 2. The number of hydrogen-bond acceptors (Lipinski definition) is 2. The molecule has 0 aromatic heterocycles. The Labute approximate surface area is 235 Å². The van der Waals surface area contributed by atoms with Crippen LogP contribution in [0.5, 0.6) is 0 Å². The first-order valence-corrected chi connectivity index (χ1v) is 13.3. The lowest BCUT2D eigenvalue weighted by Gasteiger charge is -2.12. The Kier molecular flexibility index (Phi) is 18.4. The van der Waals surface area contributed by atoms with Gasteiger partial charge < -0.3 is 5.32 Å². The second-order valence-corrected chi connectivity index (χ2v) is 8.54. The molecule has 2 nitrogen and oxygen atoms in total. The Bertz CT molecular complexity index is 1100. The predicted octanol–water partition coefficient (Wildman–Crippen LogP) is 10.5. The molecule has 0 fully saturated rings. The Morgan fingerprint density at radius 1 is 1.08 bits per heavy atom. The third-order valence-corrected chi connectivity index (χ3v) is 5.63. The van der Waals surface area contributed by atoms with Gasteiger partial charge in [-0.05, 0) is 62.1 Å². The zero-order valence-corrected chi connectivity index (χ0v) is 24.8. The van der Waals surface area contributed by atoms with E-state index in [1.807, 2.05) is 64.1 Å². The van der Waals surface area contributed by atoms with E-state index in [2.05, 4.69) is 68.2 Å². The molecule has 1 aromatic rings. The maximum atomic E-state index is 6.21. The molecule has 0 atom stereocenters. The maximum Gasteiger partial charge on any atom is 0.136 e. The second-order valence-electron chi connectivity index (χ2n) is 7.72. The van der Waals surface area contributed by atoms with Crippen LogP contribution in [0.3, 0.4) is 0 Å². The van der Waals surface area contributed by atoms with Gasteiger partial charge >= 0.3 is 0 Å². The van der Waals surface area contributed by atoms with E-state index in [1.165, 1.54) is 11.1 Å². The highest BCUT2D eigenvalue weighted by molar-refractivity contribution is 6.40. The molecule has 1 N–H and O–H groups in total. The Morgan fingerprint density at radius 3 is 2.27 bits per heavy atom. The van der Waals surface area contributed by atoms with E-state index in [9.17, 15) is 0 Å². The third kappa shape index (κ3) is 13.2. The lowest BCUT2D eigenvalue weighted by molar-refractivity contribution is 1.13. The SMILES string of the molecule is C=C/C=C(C=C)/C(C)=C/C=C(\C=C/C)CC.C=C1/C=C\C(C)=C/CN=C(c2c(Cl)cccc2Cl)N1.CC. The van der Waals surface area contributed by atoms with Gasteiger partial charge in [-0.3, -0.25) is 4.99 Å². The molecule has 0 saturated carbocycles. The first-order chi connectivity index (χ1) is 17.8. The zero-order chi connectivity index (χ0) is 28.2. The van der Waals surface area contributed by atoms with Crippen LogP contribution in [-0.2, 0) is 0 Å². The van der Waals surface area contributed by atoms with Gasteiger partial charge in [0.15, 0.2) is 0 Å². The van der Waals surface area contributed by atoms with Gasteiger partial charge in [-0.25, -0.2) is 0 Å². The summed E-state index contributed by atoms with van der Waals surface area (Å²) >= 11 is 12.4. The van der Waals surface area contributed by atoms with Crippen molar-refractivity contribution in [1.29, 1.82) is 0 Å². The number of nitrogens with zero attached hydrogens (tertiary/aromatic N) is 1. The van der Waals surface area contributed by atoms with Gasteiger partial charge in [0.1, 0.15) is 5.84 Å². The van der Waals surface area contributed by atoms with Crippen LogP contribution in [-0.4, -0.2) is 12.4 Å². The summed E-state index contributed by atoms with van der Waals surface area (Å²) in [5.41, 5.74) is 6.22. The highest BCUT2D eigenvalue weighted by Crippen LogP contribution is 2.25. The first-order valence-electron chi connectivity index (χ1n) is 12.5. The zero-order valence-electron chi connectivity index (χ0n) is 23.2. The van der Waals surface area contributed by atoms with Crippen LogP contribution in [0.1, 0.15) is 53.5 Å². The predicted molar refractivity (Wildman–Crippen MR) is 170 cm³/mol. The average Bonchev–Trinajstić information content (AvgIpc) is 2.97. The molecule has 0 bridgehead atoms. The van der Waals surface area contributed by atoms with Gasteiger partial charge in [0.2, 0.25) is 0 Å². The molecule has 1 aromatic carbocycles. The van der Waals surface area contributed by atoms with Crippen molar-refractivity contribution in [1.82, 2.24) is 5.32 Å². The number of nitrogens with one attached hydrogen (secondary N) is 1. The molecule has 0 saturated heterocycles. The van der Waals surface area contributed by atoms with Crippen LogP contribution in [0.15, 0.2) is 132 Å². The van der Waals surface area contributed by atoms with Crippen molar-refractivity contribution in [2.24, 2.45) is 4.99 Å². The molecule has 1 aliphatic rings. The lowest BCUT2D eigenvalue weighted by Crippen LogP contribution is -2.23. The van der Waals surface area contributed by atoms with E-state index >= 15 is 0 Å². The monoisotopic (exact) mass is 536 g/mol. The second kappa shape index (κ2) is 20.0. The Hall–Kier alpha value is -3.07. The molecule has 0 aliphatic carbocycles. The minimum Gasteiger partial charge on any atom is -0.340 e. The summed E-state index contributed by atoms with van der Waals surface area (Å²) in [7, 11) is 0. The fourth-order valence-electron chi connectivity index (χ4n) is 3.00. The highest BCUT2D eigenvalue weighted by Gasteiger charge is 2.13. The summed E-state index contributed by atoms with van der Waals surface area (Å²) in [4.78, 5) is 4.50. The minimum atomic E-state index is 0.563. The third-order valence-electron chi connectivity index (χ3n) is 5.00. The van der Waals surface area contributed by atoms with Crippen LogP contribution >= 0.6 is 23.2 Å². The number of hydrogen-bond donors (Lipinski definition) is 1. The van der Waals surface area contributed by atoms with E-state index in [1.54, 1.807) is 18.2 Å². The van der Waals surface area contributed by atoms with E-state index < -0.39 is 0 Å². The van der Waals surface area contributed by atoms with E-state index in [0.717, 1.165) is 23.3 Å². The fourth-order valence-corrected chi connectivity index (χ4v) is 3.58. The standard InChI is InChI=1S/C16H22.C15H14Cl2N2.C2H6/c1-6-10-15(8-3)13-12-14(5)16(9-4)11-7-2;1-10-6-7-11(2)19-15(18-9-8-10)14-12(16)4-3-5-13(14)17;1-2/h6-7,9-13H,2,4,8H2,1,3,5H3;3-8H,2,9H2,1H3,(H,18,19);1-2H3/b10-6-,14-12+,15-13-,16-11+;7-6-,10-8-;. The molecule has 198 valence electrons. The topological polar surface area (TPSA) is 24.4 Å². The molecule has 4 heteroatoms. The molecule has 0 radical (unpaired) electrons. The summed E-state index contributed by atoms with van der Waals surface area (Å²) in [5, 5.41) is 4.27. The van der Waals surface area contributed by atoms with Gasteiger partial charge in [0, 0.05) is 5.70 Å². The maximum absolute atomic E-state index is 6.21. The number of aliphatic imine (C=N–C) groups is 1. The van der Waals surface area contributed by atoms with Crippen LogP contribution in [0, 0.1) is 0 Å². The van der Waals surface area contributed by atoms with Crippen LogP contribution in [0.25, 0.3) is 0 Å². The van der Waals surface area contributed by atoms with E-state index in [0.29, 0.717) is 28.0 Å². The number of benzene rings is 1. The molecule has 1 aliphatic heterocycles. The summed E-state index contributed by atoms with van der Waals surface area (Å²) in [6.07, 6.45) is 21.0. The molecule has 0 unspecified atom stereocenters. The molecule has 1 heterocycles.